The molecule has 0 amide bonds. The molecule has 5 aromatic rings. The quantitative estimate of drug-likeness (QED) is 0.0524. The third-order valence-electron chi connectivity index (χ3n) is 9.27. The molecule has 0 bridgehead atoms. The number of nitrogens with zero attached hydrogens (tertiary/aromatic N) is 5. The van der Waals surface area contributed by atoms with Crippen molar-refractivity contribution in [1.82, 2.24) is 19.7 Å². The van der Waals surface area contributed by atoms with Crippen LogP contribution in [0.15, 0.2) is 103 Å². The monoisotopic (exact) mass is 737 g/mol. The summed E-state index contributed by atoms with van der Waals surface area (Å²) in [6.45, 7) is 8.90. The largest absolute Gasteiger partial charge is 0.497 e. The normalized spacial score (nSPS) is 18.2. The Morgan fingerprint density at radius 1 is 0.811 bits per heavy atom. The number of hydrogen-bond acceptors (Lipinski definition) is 10. The molecule has 0 saturated carbocycles. The number of aromatic nitrogens is 3. The number of rotatable bonds is 17. The molecule has 0 radical (unpaired) electrons. The molecule has 1 fully saturated rings. The molecule has 4 aromatic carbocycles. The van der Waals surface area contributed by atoms with Crippen molar-refractivity contribution in [3.63, 3.8) is 0 Å². The van der Waals surface area contributed by atoms with Gasteiger partial charge in [0.05, 0.1) is 46.0 Å². The summed E-state index contributed by atoms with van der Waals surface area (Å²) in [6.07, 6.45) is -0.794. The van der Waals surface area contributed by atoms with Crippen LogP contribution in [0.5, 0.6) is 11.5 Å². The van der Waals surface area contributed by atoms with Crippen molar-refractivity contribution in [2.24, 2.45) is 0 Å². The molecule has 2 heterocycles. The molecule has 11 nitrogen and oxygen atoms in total. The zero-order valence-corrected chi connectivity index (χ0v) is 32.1. The number of methoxy groups -OCH3 is 2. The smallest absolute Gasteiger partial charge is 0.259 e. The third kappa shape index (κ3) is 8.55. The van der Waals surface area contributed by atoms with Gasteiger partial charge in [0.2, 0.25) is 0 Å². The van der Waals surface area contributed by atoms with E-state index in [2.05, 4.69) is 50.6 Å². The topological polar surface area (TPSA) is 113 Å². The van der Waals surface area contributed by atoms with Crippen molar-refractivity contribution < 1.29 is 28.0 Å². The van der Waals surface area contributed by atoms with Crippen LogP contribution < -0.4 is 9.47 Å². The third-order valence-corrected chi connectivity index (χ3v) is 11.4. The first-order valence-electron chi connectivity index (χ1n) is 18.0. The zero-order chi connectivity index (χ0) is 37.4. The van der Waals surface area contributed by atoms with Gasteiger partial charge in [0.1, 0.15) is 34.2 Å². The highest BCUT2D eigenvalue weighted by atomic mass is 31.2. The van der Waals surface area contributed by atoms with Gasteiger partial charge in [0, 0.05) is 18.5 Å². The van der Waals surface area contributed by atoms with Crippen LogP contribution in [-0.4, -0.2) is 71.4 Å². The standard InChI is InChI=1S/C41H48N5O6P/c1-29(2)45(30(3)4)53(50-26-12-25-42)52-38-27-40(46-43-36-15-10-11-16-37(36)44-46)51-39(38)28-49-41(31-13-8-7-9-14-31,32-17-21-34(47-5)22-18-32)33-19-23-35(48-6)24-20-33/h7-11,13-24,29-30,38-40H,12,26-28H2,1-6H3/t38-,39+,40+,53?/m0/s1. The maximum absolute atomic E-state index is 9.33. The molecule has 0 aliphatic carbocycles. The first kappa shape index (κ1) is 38.3. The van der Waals surface area contributed by atoms with E-state index in [0.717, 1.165) is 39.2 Å². The highest BCUT2D eigenvalue weighted by Crippen LogP contribution is 2.50. The first-order chi connectivity index (χ1) is 25.8. The minimum absolute atomic E-state index is 0.130. The molecule has 53 heavy (non-hydrogen) atoms. The summed E-state index contributed by atoms with van der Waals surface area (Å²) >= 11 is 0. The minimum atomic E-state index is -1.57. The van der Waals surface area contributed by atoms with Crippen LogP contribution in [0.3, 0.4) is 0 Å². The zero-order valence-electron chi connectivity index (χ0n) is 31.2. The molecule has 0 N–H and O–H groups in total. The maximum atomic E-state index is 9.33. The lowest BCUT2D eigenvalue weighted by Gasteiger charge is -2.39. The van der Waals surface area contributed by atoms with E-state index in [1.165, 1.54) is 0 Å². The van der Waals surface area contributed by atoms with E-state index >= 15 is 0 Å². The van der Waals surface area contributed by atoms with Gasteiger partial charge in [-0.05, 0) is 80.8 Å². The summed E-state index contributed by atoms with van der Waals surface area (Å²) in [7, 11) is 1.74. The number of benzene rings is 4. The Labute approximate surface area is 313 Å². The molecular weight excluding hydrogens is 689 g/mol. The van der Waals surface area contributed by atoms with E-state index in [9.17, 15) is 5.26 Å². The van der Waals surface area contributed by atoms with Crippen LogP contribution >= 0.6 is 8.53 Å². The van der Waals surface area contributed by atoms with Gasteiger partial charge in [-0.2, -0.15) is 20.3 Å². The first-order valence-corrected chi connectivity index (χ1v) is 19.1. The maximum Gasteiger partial charge on any atom is 0.259 e. The van der Waals surface area contributed by atoms with Gasteiger partial charge in [0.25, 0.3) is 8.53 Å². The van der Waals surface area contributed by atoms with Gasteiger partial charge in [-0.3, -0.25) is 0 Å². The summed E-state index contributed by atoms with van der Waals surface area (Å²) in [4.78, 5) is 1.64. The van der Waals surface area contributed by atoms with Crippen molar-refractivity contribution in [3.8, 4) is 17.6 Å². The van der Waals surface area contributed by atoms with Crippen molar-refractivity contribution in [3.05, 3.63) is 120 Å². The predicted octanol–water partition coefficient (Wildman–Crippen LogP) is 8.41. The number of nitriles is 1. The Morgan fingerprint density at radius 3 is 1.85 bits per heavy atom. The molecule has 1 unspecified atom stereocenters. The fourth-order valence-electron chi connectivity index (χ4n) is 6.80. The fraction of sp³-hybridized carbons (Fsp3) is 0.390. The lowest BCUT2D eigenvalue weighted by Crippen LogP contribution is -2.39. The molecule has 6 rings (SSSR count). The number of ether oxygens (including phenoxy) is 4. The van der Waals surface area contributed by atoms with Gasteiger partial charge in [-0.25, -0.2) is 4.67 Å². The second-order valence-electron chi connectivity index (χ2n) is 13.4. The van der Waals surface area contributed by atoms with Crippen molar-refractivity contribution >= 4 is 19.6 Å². The lowest BCUT2D eigenvalue weighted by molar-refractivity contribution is -0.0961. The second kappa shape index (κ2) is 17.6. The second-order valence-corrected chi connectivity index (χ2v) is 14.8. The van der Waals surface area contributed by atoms with E-state index in [4.69, 9.17) is 38.2 Å². The average Bonchev–Trinajstić information content (AvgIpc) is 3.80. The molecular formula is C41H48N5O6P. The van der Waals surface area contributed by atoms with Crippen molar-refractivity contribution in [1.29, 1.82) is 5.26 Å². The SMILES string of the molecule is COc1ccc(C(OC[C@H]2O[C@@H](n3nc4ccccc4n3)C[C@@H]2OP(OCCC#N)N(C(C)C)C(C)C)(c2ccccc2)c2ccc(OC)cc2)cc1. The van der Waals surface area contributed by atoms with Crippen LogP contribution in [-0.2, 0) is 24.1 Å². The Bertz CT molecular complexity index is 1840. The summed E-state index contributed by atoms with van der Waals surface area (Å²) < 4.78 is 40.8. The van der Waals surface area contributed by atoms with Crippen LogP contribution in [0.2, 0.25) is 0 Å². The Hall–Kier alpha value is -4.40. The highest BCUT2D eigenvalue weighted by Gasteiger charge is 2.45. The van der Waals surface area contributed by atoms with E-state index < -0.39 is 32.6 Å². The lowest BCUT2D eigenvalue weighted by atomic mass is 9.80. The van der Waals surface area contributed by atoms with Crippen molar-refractivity contribution in [2.45, 2.75) is 76.7 Å². The predicted molar refractivity (Wildman–Crippen MR) is 204 cm³/mol. The van der Waals surface area contributed by atoms with Gasteiger partial charge < -0.3 is 28.0 Å². The number of hydrogen-bond donors (Lipinski definition) is 0. The molecule has 278 valence electrons. The number of fused-ring (bicyclic) bond motifs is 1. The van der Waals surface area contributed by atoms with Crippen molar-refractivity contribution in [2.75, 3.05) is 27.4 Å². The summed E-state index contributed by atoms with van der Waals surface area (Å²) in [5.74, 6) is 1.48. The van der Waals surface area contributed by atoms with Gasteiger partial charge in [0.15, 0.2) is 6.23 Å². The van der Waals surface area contributed by atoms with Gasteiger partial charge >= 0.3 is 0 Å². The Balaban J connectivity index is 1.41. The Kier molecular flexibility index (Phi) is 12.7. The fourth-order valence-corrected chi connectivity index (χ4v) is 8.56. The average molecular weight is 738 g/mol. The molecule has 12 heteroatoms. The molecule has 0 spiro atoms. The van der Waals surface area contributed by atoms with Crippen LogP contribution in [0.1, 0.15) is 63.5 Å². The van der Waals surface area contributed by atoms with Gasteiger partial charge in [-0.1, -0.05) is 66.7 Å². The van der Waals surface area contributed by atoms with E-state index in [1.807, 2.05) is 91.0 Å². The van der Waals surface area contributed by atoms with E-state index in [1.54, 1.807) is 19.0 Å². The van der Waals surface area contributed by atoms with Crippen LogP contribution in [0, 0.1) is 11.3 Å². The Morgan fingerprint density at radius 2 is 1.34 bits per heavy atom. The van der Waals surface area contributed by atoms with Gasteiger partial charge in [-0.15, -0.1) is 0 Å². The minimum Gasteiger partial charge on any atom is -0.497 e. The van der Waals surface area contributed by atoms with Crippen LogP contribution in [0.25, 0.3) is 11.0 Å². The van der Waals surface area contributed by atoms with Crippen LogP contribution in [0.4, 0.5) is 0 Å². The summed E-state index contributed by atoms with van der Waals surface area (Å²) in [5, 5.41) is 18.9. The van der Waals surface area contributed by atoms with E-state index in [-0.39, 0.29) is 31.7 Å². The molecule has 1 aromatic heterocycles. The van der Waals surface area contributed by atoms with E-state index in [0.29, 0.717) is 6.42 Å². The molecule has 1 aliphatic rings. The molecule has 1 aliphatic heterocycles. The highest BCUT2D eigenvalue weighted by molar-refractivity contribution is 7.44. The molecule has 1 saturated heterocycles. The molecule has 4 atom stereocenters. The summed E-state index contributed by atoms with van der Waals surface area (Å²) in [5.41, 5.74) is 3.27. The summed E-state index contributed by atoms with van der Waals surface area (Å²) in [6, 6.07) is 36.3.